The van der Waals surface area contributed by atoms with E-state index in [4.69, 9.17) is 9.47 Å². The van der Waals surface area contributed by atoms with Gasteiger partial charge in [-0.3, -0.25) is 14.8 Å². The molecule has 2 aliphatic heterocycles. The van der Waals surface area contributed by atoms with E-state index in [9.17, 15) is 4.79 Å². The highest BCUT2D eigenvalue weighted by Crippen LogP contribution is 2.32. The maximum atomic E-state index is 12.9. The molecule has 130 valence electrons. The van der Waals surface area contributed by atoms with Gasteiger partial charge in [-0.2, -0.15) is 0 Å². The predicted octanol–water partition coefficient (Wildman–Crippen LogP) is 2.07. The van der Waals surface area contributed by atoms with Crippen molar-refractivity contribution in [3.8, 4) is 0 Å². The van der Waals surface area contributed by atoms with Gasteiger partial charge in [0.25, 0.3) is 5.91 Å². The third kappa shape index (κ3) is 3.41. The normalized spacial score (nSPS) is 25.6. The molecule has 3 atom stereocenters. The summed E-state index contributed by atoms with van der Waals surface area (Å²) in [6, 6.07) is 9.41. The van der Waals surface area contributed by atoms with Gasteiger partial charge in [-0.25, -0.2) is 0 Å². The predicted molar refractivity (Wildman–Crippen MR) is 90.8 cm³/mol. The van der Waals surface area contributed by atoms with Crippen LogP contribution < -0.4 is 0 Å². The molecule has 6 nitrogen and oxygen atoms in total. The van der Waals surface area contributed by atoms with Gasteiger partial charge in [0.05, 0.1) is 30.5 Å². The molecule has 2 aliphatic rings. The zero-order chi connectivity index (χ0) is 17.1. The molecule has 4 heterocycles. The number of rotatable bonds is 4. The molecule has 2 aromatic rings. The Morgan fingerprint density at radius 3 is 3.04 bits per heavy atom. The summed E-state index contributed by atoms with van der Waals surface area (Å²) in [7, 11) is 0. The molecular formula is C19H21N3O3. The Balaban J connectivity index is 1.48. The lowest BCUT2D eigenvalue weighted by Crippen LogP contribution is -2.43. The zero-order valence-electron chi connectivity index (χ0n) is 14.0. The van der Waals surface area contributed by atoms with Gasteiger partial charge in [-0.1, -0.05) is 6.07 Å². The molecule has 6 heteroatoms. The van der Waals surface area contributed by atoms with Crippen LogP contribution in [0.25, 0.3) is 0 Å². The van der Waals surface area contributed by atoms with E-state index in [0.29, 0.717) is 18.7 Å². The molecule has 0 radical (unpaired) electrons. The van der Waals surface area contributed by atoms with Crippen LogP contribution in [0.5, 0.6) is 0 Å². The Hall–Kier alpha value is -2.31. The van der Waals surface area contributed by atoms with E-state index >= 15 is 0 Å². The van der Waals surface area contributed by atoms with E-state index in [2.05, 4.69) is 9.97 Å². The summed E-state index contributed by atoms with van der Waals surface area (Å²) < 4.78 is 12.0. The molecule has 0 unspecified atom stereocenters. The number of fused-ring (bicyclic) bond motifs is 1. The Morgan fingerprint density at radius 2 is 2.24 bits per heavy atom. The van der Waals surface area contributed by atoms with Crippen molar-refractivity contribution in [2.45, 2.75) is 37.7 Å². The van der Waals surface area contributed by atoms with E-state index in [0.717, 1.165) is 25.1 Å². The van der Waals surface area contributed by atoms with Crippen LogP contribution in [-0.4, -0.2) is 52.2 Å². The Kier molecular flexibility index (Phi) is 4.72. The number of pyridine rings is 2. The van der Waals surface area contributed by atoms with E-state index in [1.165, 1.54) is 0 Å². The lowest BCUT2D eigenvalue weighted by atomic mass is 10.0. The van der Waals surface area contributed by atoms with Gasteiger partial charge in [-0.05, 0) is 37.1 Å². The van der Waals surface area contributed by atoms with Gasteiger partial charge in [0.1, 0.15) is 12.2 Å². The van der Waals surface area contributed by atoms with Gasteiger partial charge in [0.2, 0.25) is 0 Å². The first-order valence-electron chi connectivity index (χ1n) is 8.67. The lowest BCUT2D eigenvalue weighted by Gasteiger charge is -2.32. The number of ether oxygens (including phenoxy) is 2. The van der Waals surface area contributed by atoms with Crippen LogP contribution in [0, 0.1) is 0 Å². The summed E-state index contributed by atoms with van der Waals surface area (Å²) in [6.45, 7) is 1.68. The van der Waals surface area contributed by atoms with Crippen LogP contribution in [0.3, 0.4) is 0 Å². The highest BCUT2D eigenvalue weighted by atomic mass is 16.5. The molecule has 0 spiro atoms. The van der Waals surface area contributed by atoms with Crippen LogP contribution in [0.2, 0.25) is 0 Å². The minimum Gasteiger partial charge on any atom is -0.373 e. The van der Waals surface area contributed by atoms with Crippen molar-refractivity contribution in [2.75, 3.05) is 13.2 Å². The fourth-order valence-corrected chi connectivity index (χ4v) is 3.62. The first-order valence-corrected chi connectivity index (χ1v) is 8.67. The summed E-state index contributed by atoms with van der Waals surface area (Å²) in [5, 5.41) is 0. The Morgan fingerprint density at radius 1 is 1.28 bits per heavy atom. The fourth-order valence-electron chi connectivity index (χ4n) is 3.62. The van der Waals surface area contributed by atoms with Gasteiger partial charge in [-0.15, -0.1) is 0 Å². The first-order chi connectivity index (χ1) is 12.3. The van der Waals surface area contributed by atoms with Gasteiger partial charge in [0.15, 0.2) is 0 Å². The first kappa shape index (κ1) is 16.2. The molecule has 2 saturated heterocycles. The van der Waals surface area contributed by atoms with Gasteiger partial charge in [0, 0.05) is 25.2 Å². The highest BCUT2D eigenvalue weighted by Gasteiger charge is 2.46. The standard InChI is InChI=1S/C19H21N3O3/c23-19(14-5-3-8-20-11-14)22-12-17(18-16(22)7-4-10-24-18)25-13-15-6-1-2-9-21-15/h1-3,5-6,8-9,11,16-18H,4,7,10,12-13H2/t16-,17+,18+/m0/s1. The van der Waals surface area contributed by atoms with Crippen molar-refractivity contribution in [2.24, 2.45) is 0 Å². The van der Waals surface area contributed by atoms with E-state index < -0.39 is 0 Å². The number of nitrogens with zero attached hydrogens (tertiary/aromatic N) is 3. The topological polar surface area (TPSA) is 64.6 Å². The minimum atomic E-state index is -0.132. The van der Waals surface area contributed by atoms with Gasteiger partial charge >= 0.3 is 0 Å². The van der Waals surface area contributed by atoms with Crippen molar-refractivity contribution >= 4 is 5.91 Å². The van der Waals surface area contributed by atoms with Crippen LogP contribution in [-0.2, 0) is 16.1 Å². The third-order valence-corrected chi connectivity index (χ3v) is 4.82. The molecule has 25 heavy (non-hydrogen) atoms. The second-order valence-corrected chi connectivity index (χ2v) is 6.41. The SMILES string of the molecule is O=C(c1cccnc1)N1C[C@@H](OCc2ccccn2)[C@@H]2OCCC[C@@H]21. The van der Waals surface area contributed by atoms with Crippen molar-refractivity contribution in [1.29, 1.82) is 0 Å². The fraction of sp³-hybridized carbons (Fsp3) is 0.421. The van der Waals surface area contributed by atoms with Crippen molar-refractivity contribution in [3.63, 3.8) is 0 Å². The highest BCUT2D eigenvalue weighted by molar-refractivity contribution is 5.94. The lowest BCUT2D eigenvalue weighted by molar-refractivity contribution is -0.0814. The van der Waals surface area contributed by atoms with E-state index in [1.807, 2.05) is 23.1 Å². The number of likely N-dealkylation sites (tertiary alicyclic amines) is 1. The quantitative estimate of drug-likeness (QED) is 0.853. The van der Waals surface area contributed by atoms with E-state index in [1.54, 1.807) is 30.7 Å². The molecule has 0 saturated carbocycles. The summed E-state index contributed by atoms with van der Waals surface area (Å²) in [6.07, 6.45) is 6.75. The molecule has 4 rings (SSSR count). The molecule has 0 aromatic carbocycles. The van der Waals surface area contributed by atoms with Crippen LogP contribution in [0.15, 0.2) is 48.9 Å². The zero-order valence-corrected chi connectivity index (χ0v) is 14.0. The number of hydrogen-bond donors (Lipinski definition) is 0. The maximum Gasteiger partial charge on any atom is 0.255 e. The second kappa shape index (κ2) is 7.29. The molecule has 0 aliphatic carbocycles. The Bertz CT molecular complexity index is 710. The van der Waals surface area contributed by atoms with Crippen molar-refractivity contribution in [1.82, 2.24) is 14.9 Å². The maximum absolute atomic E-state index is 12.9. The molecule has 2 fully saturated rings. The molecule has 0 bridgehead atoms. The monoisotopic (exact) mass is 339 g/mol. The third-order valence-electron chi connectivity index (χ3n) is 4.82. The number of hydrogen-bond acceptors (Lipinski definition) is 5. The van der Waals surface area contributed by atoms with Crippen molar-refractivity contribution < 1.29 is 14.3 Å². The van der Waals surface area contributed by atoms with Crippen LogP contribution >= 0.6 is 0 Å². The second-order valence-electron chi connectivity index (χ2n) is 6.41. The van der Waals surface area contributed by atoms with Gasteiger partial charge < -0.3 is 14.4 Å². The average molecular weight is 339 g/mol. The minimum absolute atomic E-state index is 0.00228. The number of amides is 1. The molecule has 0 N–H and O–H groups in total. The summed E-state index contributed by atoms with van der Waals surface area (Å²) in [4.78, 5) is 23.1. The largest absolute Gasteiger partial charge is 0.373 e. The number of carbonyl (C=O) groups is 1. The van der Waals surface area contributed by atoms with Crippen molar-refractivity contribution in [3.05, 3.63) is 60.2 Å². The summed E-state index contributed by atoms with van der Waals surface area (Å²) in [5.74, 6) is -0.00228. The van der Waals surface area contributed by atoms with E-state index in [-0.39, 0.29) is 24.2 Å². The number of carbonyl (C=O) groups excluding carboxylic acids is 1. The summed E-state index contributed by atoms with van der Waals surface area (Å²) >= 11 is 0. The van der Waals surface area contributed by atoms with Crippen LogP contribution in [0.4, 0.5) is 0 Å². The average Bonchev–Trinajstić information content (AvgIpc) is 3.06. The van der Waals surface area contributed by atoms with Crippen LogP contribution in [0.1, 0.15) is 28.9 Å². The molecule has 1 amide bonds. The molecular weight excluding hydrogens is 318 g/mol. The summed E-state index contributed by atoms with van der Waals surface area (Å²) in [5.41, 5.74) is 1.49. The smallest absolute Gasteiger partial charge is 0.255 e. The molecule has 2 aromatic heterocycles. The number of aromatic nitrogens is 2. The Labute approximate surface area is 146 Å².